The first-order chi connectivity index (χ1) is 14.6. The highest BCUT2D eigenvalue weighted by Crippen LogP contribution is 2.32. The third-order valence-corrected chi connectivity index (χ3v) is 5.29. The summed E-state index contributed by atoms with van der Waals surface area (Å²) in [6.07, 6.45) is 1.71. The van der Waals surface area contributed by atoms with Gasteiger partial charge in [-0.15, -0.1) is 5.10 Å². The van der Waals surface area contributed by atoms with E-state index in [1.807, 2.05) is 24.3 Å². The lowest BCUT2D eigenvalue weighted by molar-refractivity contribution is 0.205. The molecule has 0 aliphatic carbocycles. The molecule has 2 aromatic carbocycles. The number of fused-ring (bicyclic) bond motifs is 1. The predicted molar refractivity (Wildman–Crippen MR) is 108 cm³/mol. The summed E-state index contributed by atoms with van der Waals surface area (Å²) >= 11 is 0. The van der Waals surface area contributed by atoms with Crippen LogP contribution in [0.5, 0.6) is 0 Å². The Morgan fingerprint density at radius 3 is 2.93 bits per heavy atom. The number of nitrogens with zero attached hydrogens (tertiary/aromatic N) is 6. The van der Waals surface area contributed by atoms with E-state index < -0.39 is 5.82 Å². The Morgan fingerprint density at radius 1 is 1.27 bits per heavy atom. The van der Waals surface area contributed by atoms with Crippen LogP contribution in [0.2, 0.25) is 0 Å². The van der Waals surface area contributed by atoms with E-state index in [1.54, 1.807) is 11.8 Å². The fraction of sp³-hybridized carbons (Fsp3) is 0.250. The number of halogens is 1. The summed E-state index contributed by atoms with van der Waals surface area (Å²) in [5, 5.41) is 14.0. The van der Waals surface area contributed by atoms with Crippen molar-refractivity contribution < 1.29 is 9.18 Å². The topological polar surface area (TPSA) is 105 Å². The highest BCUT2D eigenvalue weighted by Gasteiger charge is 2.32. The van der Waals surface area contributed by atoms with E-state index in [0.717, 1.165) is 29.7 Å². The number of carbonyl (C=O) groups excluding carboxylic acids is 1. The van der Waals surface area contributed by atoms with Crippen LogP contribution < -0.4 is 5.32 Å². The van der Waals surface area contributed by atoms with Crippen molar-refractivity contribution in [1.29, 1.82) is 0 Å². The molecule has 9 nitrogen and oxygen atoms in total. The number of amides is 2. The number of nitrogens with one attached hydrogen (secondary N) is 2. The molecule has 1 saturated heterocycles. The predicted octanol–water partition coefficient (Wildman–Crippen LogP) is 3.36. The molecule has 3 heterocycles. The van der Waals surface area contributed by atoms with Gasteiger partial charge in [-0.2, -0.15) is 4.68 Å². The Balaban J connectivity index is 1.39. The first-order valence-corrected chi connectivity index (χ1v) is 9.67. The maximum Gasteiger partial charge on any atom is 0.322 e. The van der Waals surface area contributed by atoms with Crippen molar-refractivity contribution in [1.82, 2.24) is 35.1 Å². The number of hydrogen-bond donors (Lipinski definition) is 2. The lowest BCUT2D eigenvalue weighted by Crippen LogP contribution is -2.34. The van der Waals surface area contributed by atoms with Crippen LogP contribution in [0.3, 0.4) is 0 Å². The molecule has 1 aliphatic heterocycles. The van der Waals surface area contributed by atoms with E-state index in [4.69, 9.17) is 0 Å². The molecule has 10 heteroatoms. The monoisotopic (exact) mass is 406 g/mol. The minimum Gasteiger partial charge on any atom is -0.340 e. The normalized spacial score (nSPS) is 16.3. The van der Waals surface area contributed by atoms with Crippen molar-refractivity contribution in [3.05, 3.63) is 59.9 Å². The van der Waals surface area contributed by atoms with Crippen LogP contribution >= 0.6 is 0 Å². The number of H-pyrrole nitrogens is 1. The number of urea groups is 1. The molecule has 0 saturated carbocycles. The Bertz CT molecular complexity index is 1200. The second kappa shape index (κ2) is 7.21. The molecule has 4 aromatic rings. The number of aromatic nitrogens is 6. The van der Waals surface area contributed by atoms with Crippen LogP contribution in [-0.4, -0.2) is 47.7 Å². The second-order valence-electron chi connectivity index (χ2n) is 7.22. The van der Waals surface area contributed by atoms with Gasteiger partial charge in [0.05, 0.1) is 17.1 Å². The number of rotatable bonds is 3. The highest BCUT2D eigenvalue weighted by atomic mass is 19.1. The standard InChI is InChI=1S/C20H19FN8O/c1-12-25-26-27-29(12)18-11-13(8-9-14(18)21)22-20(30)28-10-4-7-17(28)19-23-15-5-2-3-6-16(15)24-19/h2-3,5-6,8-9,11,17H,4,7,10H2,1H3,(H,22,30)(H,23,24). The van der Waals surface area contributed by atoms with Gasteiger partial charge in [-0.05, 0) is 60.5 Å². The van der Waals surface area contributed by atoms with Gasteiger partial charge in [-0.1, -0.05) is 12.1 Å². The third-order valence-electron chi connectivity index (χ3n) is 5.29. The second-order valence-corrected chi connectivity index (χ2v) is 7.22. The van der Waals surface area contributed by atoms with Gasteiger partial charge >= 0.3 is 6.03 Å². The third kappa shape index (κ3) is 3.15. The van der Waals surface area contributed by atoms with Crippen LogP contribution in [0.4, 0.5) is 14.9 Å². The van der Waals surface area contributed by atoms with Crippen LogP contribution in [-0.2, 0) is 0 Å². The summed E-state index contributed by atoms with van der Waals surface area (Å²) in [5.41, 5.74) is 2.45. The average Bonchev–Trinajstić information content (AvgIpc) is 3.47. The van der Waals surface area contributed by atoms with Gasteiger partial charge in [0.25, 0.3) is 0 Å². The smallest absolute Gasteiger partial charge is 0.322 e. The molecule has 2 amide bonds. The molecule has 5 rings (SSSR count). The lowest BCUT2D eigenvalue weighted by atomic mass is 10.2. The molecule has 0 radical (unpaired) electrons. The molecule has 2 N–H and O–H groups in total. The molecular weight excluding hydrogens is 387 g/mol. The van der Waals surface area contributed by atoms with Gasteiger partial charge in [-0.3, -0.25) is 0 Å². The Labute approximate surface area is 170 Å². The molecule has 1 aliphatic rings. The van der Waals surface area contributed by atoms with E-state index in [9.17, 15) is 9.18 Å². The van der Waals surface area contributed by atoms with Crippen LogP contribution in [0.1, 0.15) is 30.5 Å². The highest BCUT2D eigenvalue weighted by molar-refractivity contribution is 5.90. The fourth-order valence-corrected chi connectivity index (χ4v) is 3.83. The first-order valence-electron chi connectivity index (χ1n) is 9.67. The van der Waals surface area contributed by atoms with Crippen molar-refractivity contribution in [2.45, 2.75) is 25.8 Å². The largest absolute Gasteiger partial charge is 0.340 e. The van der Waals surface area contributed by atoms with Crippen molar-refractivity contribution in [2.75, 3.05) is 11.9 Å². The fourth-order valence-electron chi connectivity index (χ4n) is 3.83. The average molecular weight is 406 g/mol. The van der Waals surface area contributed by atoms with Gasteiger partial charge < -0.3 is 15.2 Å². The zero-order valence-electron chi connectivity index (χ0n) is 16.2. The molecular formula is C20H19FN8O. The number of likely N-dealkylation sites (tertiary alicyclic amines) is 1. The van der Waals surface area contributed by atoms with Gasteiger partial charge in [0.2, 0.25) is 0 Å². The molecule has 1 fully saturated rings. The van der Waals surface area contributed by atoms with E-state index in [-0.39, 0.29) is 17.8 Å². The Morgan fingerprint density at radius 2 is 2.13 bits per heavy atom. The first kappa shape index (κ1) is 18.2. The van der Waals surface area contributed by atoms with E-state index in [1.165, 1.54) is 22.9 Å². The molecule has 0 bridgehead atoms. The van der Waals surface area contributed by atoms with E-state index in [2.05, 4.69) is 30.8 Å². The minimum absolute atomic E-state index is 0.140. The lowest BCUT2D eigenvalue weighted by Gasteiger charge is -2.23. The van der Waals surface area contributed by atoms with Crippen molar-refractivity contribution in [2.24, 2.45) is 0 Å². The molecule has 0 spiro atoms. The number of tetrazole rings is 1. The molecule has 1 atom stereocenters. The van der Waals surface area contributed by atoms with Crippen LogP contribution in [0.25, 0.3) is 16.7 Å². The zero-order valence-corrected chi connectivity index (χ0v) is 16.2. The van der Waals surface area contributed by atoms with Crippen molar-refractivity contribution >= 4 is 22.8 Å². The molecule has 152 valence electrons. The van der Waals surface area contributed by atoms with Gasteiger partial charge in [0.15, 0.2) is 5.82 Å². The number of para-hydroxylation sites is 2. The molecule has 2 aromatic heterocycles. The van der Waals surface area contributed by atoms with Crippen LogP contribution in [0, 0.1) is 12.7 Å². The van der Waals surface area contributed by atoms with E-state index >= 15 is 0 Å². The SMILES string of the molecule is Cc1nnnn1-c1cc(NC(=O)N2CCCC2c2nc3ccccc3[nH]2)ccc1F. The van der Waals surface area contributed by atoms with E-state index in [0.29, 0.717) is 18.1 Å². The van der Waals surface area contributed by atoms with Crippen molar-refractivity contribution in [3.8, 4) is 5.69 Å². The summed E-state index contributed by atoms with van der Waals surface area (Å²) in [5.74, 6) is 0.736. The number of aromatic amines is 1. The molecule has 30 heavy (non-hydrogen) atoms. The zero-order chi connectivity index (χ0) is 20.7. The number of benzene rings is 2. The number of imidazole rings is 1. The maximum atomic E-state index is 14.3. The number of hydrogen-bond acceptors (Lipinski definition) is 5. The summed E-state index contributed by atoms with van der Waals surface area (Å²) < 4.78 is 15.6. The summed E-state index contributed by atoms with van der Waals surface area (Å²) in [6, 6.07) is 11.7. The summed E-state index contributed by atoms with van der Waals surface area (Å²) in [6.45, 7) is 2.29. The number of aryl methyl sites for hydroxylation is 1. The maximum absolute atomic E-state index is 14.3. The number of anilines is 1. The Kier molecular flexibility index (Phi) is 4.38. The summed E-state index contributed by atoms with van der Waals surface area (Å²) in [7, 11) is 0. The summed E-state index contributed by atoms with van der Waals surface area (Å²) in [4.78, 5) is 22.7. The van der Waals surface area contributed by atoms with Crippen molar-refractivity contribution in [3.63, 3.8) is 0 Å². The number of carbonyl (C=O) groups is 1. The van der Waals surface area contributed by atoms with Gasteiger partial charge in [0, 0.05) is 12.2 Å². The quantitative estimate of drug-likeness (QED) is 0.543. The van der Waals surface area contributed by atoms with Gasteiger partial charge in [-0.25, -0.2) is 14.2 Å². The molecule has 1 unspecified atom stereocenters. The Hall–Kier alpha value is -3.82. The minimum atomic E-state index is -0.482. The van der Waals surface area contributed by atoms with Crippen LogP contribution in [0.15, 0.2) is 42.5 Å². The van der Waals surface area contributed by atoms with Gasteiger partial charge in [0.1, 0.15) is 17.3 Å².